The summed E-state index contributed by atoms with van der Waals surface area (Å²) in [5.74, 6) is 0.682. The number of aryl methyl sites for hydroxylation is 1. The molecule has 4 rings (SSSR count). The molecular formula is C22H18N4O5. The highest BCUT2D eigenvalue weighted by Crippen LogP contribution is 2.31. The van der Waals surface area contributed by atoms with Gasteiger partial charge in [0.1, 0.15) is 5.75 Å². The minimum Gasteiger partial charge on any atom is -0.497 e. The molecule has 0 amide bonds. The lowest BCUT2D eigenvalue weighted by molar-refractivity contribution is -0.384. The topological polar surface area (TPSA) is 109 Å². The third kappa shape index (κ3) is 3.35. The Morgan fingerprint density at radius 3 is 2.13 bits per heavy atom. The molecule has 0 saturated carbocycles. The summed E-state index contributed by atoms with van der Waals surface area (Å²) in [6.07, 6.45) is 0. The predicted octanol–water partition coefficient (Wildman–Crippen LogP) is 2.88. The van der Waals surface area contributed by atoms with Crippen molar-refractivity contribution in [3.05, 3.63) is 85.5 Å². The molecule has 0 bridgehead atoms. The molecule has 0 aliphatic carbocycles. The number of aromatic nitrogens is 3. The van der Waals surface area contributed by atoms with Crippen LogP contribution in [0.5, 0.6) is 5.75 Å². The van der Waals surface area contributed by atoms with Crippen molar-refractivity contribution in [1.29, 1.82) is 0 Å². The molecule has 0 spiro atoms. The summed E-state index contributed by atoms with van der Waals surface area (Å²) in [6, 6.07) is 14.9. The van der Waals surface area contributed by atoms with Crippen LogP contribution in [0.3, 0.4) is 0 Å². The van der Waals surface area contributed by atoms with Gasteiger partial charge in [0.25, 0.3) is 11.2 Å². The van der Waals surface area contributed by atoms with E-state index in [0.717, 1.165) is 10.1 Å². The van der Waals surface area contributed by atoms with Crippen molar-refractivity contribution < 1.29 is 9.66 Å². The quantitative estimate of drug-likeness (QED) is 0.372. The lowest BCUT2D eigenvalue weighted by Gasteiger charge is -2.13. The summed E-state index contributed by atoms with van der Waals surface area (Å²) >= 11 is 0. The van der Waals surface area contributed by atoms with E-state index in [-0.39, 0.29) is 16.7 Å². The van der Waals surface area contributed by atoms with Crippen LogP contribution in [-0.2, 0) is 14.1 Å². The number of nitro groups is 1. The first-order valence-corrected chi connectivity index (χ1v) is 9.32. The molecule has 4 aromatic rings. The van der Waals surface area contributed by atoms with Crippen LogP contribution in [-0.4, -0.2) is 26.2 Å². The molecular weight excluding hydrogens is 400 g/mol. The Morgan fingerprint density at radius 1 is 0.935 bits per heavy atom. The molecule has 9 nitrogen and oxygen atoms in total. The molecule has 2 aromatic heterocycles. The fraction of sp³-hybridized carbons (Fsp3) is 0.136. The Hall–Kier alpha value is -4.27. The van der Waals surface area contributed by atoms with Gasteiger partial charge in [-0.05, 0) is 48.0 Å². The van der Waals surface area contributed by atoms with Gasteiger partial charge in [0.15, 0.2) is 5.65 Å². The number of rotatable bonds is 4. The first kappa shape index (κ1) is 20.0. The second kappa shape index (κ2) is 7.52. The third-order valence-electron chi connectivity index (χ3n) is 5.19. The highest BCUT2D eigenvalue weighted by molar-refractivity contribution is 5.94. The van der Waals surface area contributed by atoms with Gasteiger partial charge in [-0.1, -0.05) is 0 Å². The van der Waals surface area contributed by atoms with Crippen molar-refractivity contribution in [3.63, 3.8) is 0 Å². The van der Waals surface area contributed by atoms with Crippen LogP contribution in [0, 0.1) is 10.1 Å². The maximum Gasteiger partial charge on any atom is 0.332 e. The van der Waals surface area contributed by atoms with Crippen molar-refractivity contribution in [2.45, 2.75) is 0 Å². The molecule has 156 valence electrons. The zero-order valence-electron chi connectivity index (χ0n) is 17.0. The molecule has 0 aliphatic heterocycles. The SMILES string of the molecule is COc1ccc(-c2cc(-c3ccc([N+](=O)[O-])cc3)c3c(=O)n(C)c(=O)n(C)c3n2)cc1. The van der Waals surface area contributed by atoms with E-state index in [1.54, 1.807) is 44.5 Å². The summed E-state index contributed by atoms with van der Waals surface area (Å²) in [7, 11) is 4.52. The Labute approximate surface area is 175 Å². The van der Waals surface area contributed by atoms with Crippen molar-refractivity contribution in [2.24, 2.45) is 14.1 Å². The number of methoxy groups -OCH3 is 1. The van der Waals surface area contributed by atoms with E-state index in [0.29, 0.717) is 22.6 Å². The standard InChI is InChI=1S/C22H18N4O5/c1-24-20-19(21(27)25(2)22(24)28)17(13-4-8-15(9-5-13)26(29)30)12-18(23-20)14-6-10-16(31-3)11-7-14/h4-12H,1-3H3. The summed E-state index contributed by atoms with van der Waals surface area (Å²) in [4.78, 5) is 40.6. The Kier molecular flexibility index (Phi) is 4.86. The van der Waals surface area contributed by atoms with Gasteiger partial charge in [-0.25, -0.2) is 9.78 Å². The van der Waals surface area contributed by atoms with Gasteiger partial charge in [-0.3, -0.25) is 24.0 Å². The van der Waals surface area contributed by atoms with Crippen LogP contribution in [0.1, 0.15) is 0 Å². The molecule has 9 heteroatoms. The molecule has 0 radical (unpaired) electrons. The predicted molar refractivity (Wildman–Crippen MR) is 116 cm³/mol. The minimum absolute atomic E-state index is 0.0576. The van der Waals surface area contributed by atoms with Gasteiger partial charge in [0.05, 0.1) is 23.1 Å². The molecule has 2 aromatic carbocycles. The second-order valence-electron chi connectivity index (χ2n) is 6.99. The van der Waals surface area contributed by atoms with Crippen molar-refractivity contribution in [1.82, 2.24) is 14.1 Å². The first-order chi connectivity index (χ1) is 14.8. The van der Waals surface area contributed by atoms with Gasteiger partial charge in [0.2, 0.25) is 0 Å². The smallest absolute Gasteiger partial charge is 0.332 e. The van der Waals surface area contributed by atoms with E-state index in [4.69, 9.17) is 4.74 Å². The van der Waals surface area contributed by atoms with E-state index >= 15 is 0 Å². The van der Waals surface area contributed by atoms with Gasteiger partial charge in [0, 0.05) is 37.4 Å². The second-order valence-corrected chi connectivity index (χ2v) is 6.99. The maximum atomic E-state index is 13.0. The van der Waals surface area contributed by atoms with Gasteiger partial charge >= 0.3 is 5.69 Å². The molecule has 0 aliphatic rings. The molecule has 2 heterocycles. The summed E-state index contributed by atoms with van der Waals surface area (Å²) < 4.78 is 7.54. The van der Waals surface area contributed by atoms with Gasteiger partial charge < -0.3 is 4.74 Å². The van der Waals surface area contributed by atoms with Crippen LogP contribution in [0.15, 0.2) is 64.2 Å². The third-order valence-corrected chi connectivity index (χ3v) is 5.19. The van der Waals surface area contributed by atoms with Crippen LogP contribution in [0.4, 0.5) is 5.69 Å². The van der Waals surface area contributed by atoms with Crippen molar-refractivity contribution in [2.75, 3.05) is 7.11 Å². The maximum absolute atomic E-state index is 13.0. The largest absolute Gasteiger partial charge is 0.497 e. The summed E-state index contributed by atoms with van der Waals surface area (Å²) in [5.41, 5.74) is 1.63. The van der Waals surface area contributed by atoms with Crippen molar-refractivity contribution in [3.8, 4) is 28.1 Å². The summed E-state index contributed by atoms with van der Waals surface area (Å²) in [5, 5.41) is 11.3. The fourth-order valence-electron chi connectivity index (χ4n) is 3.46. The zero-order valence-corrected chi connectivity index (χ0v) is 17.0. The van der Waals surface area contributed by atoms with Crippen LogP contribution in [0.2, 0.25) is 0 Å². The first-order valence-electron chi connectivity index (χ1n) is 9.32. The highest BCUT2D eigenvalue weighted by Gasteiger charge is 2.18. The van der Waals surface area contributed by atoms with Gasteiger partial charge in [-0.15, -0.1) is 0 Å². The average molecular weight is 418 g/mol. The monoisotopic (exact) mass is 418 g/mol. The lowest BCUT2D eigenvalue weighted by Crippen LogP contribution is -2.37. The number of hydrogen-bond donors (Lipinski definition) is 0. The number of fused-ring (bicyclic) bond motifs is 1. The van der Waals surface area contributed by atoms with E-state index < -0.39 is 16.2 Å². The van der Waals surface area contributed by atoms with Crippen molar-refractivity contribution >= 4 is 16.7 Å². The number of hydrogen-bond acceptors (Lipinski definition) is 6. The van der Waals surface area contributed by atoms with E-state index in [9.17, 15) is 19.7 Å². The number of ether oxygens (including phenoxy) is 1. The molecule has 0 N–H and O–H groups in total. The number of nitro benzene ring substituents is 1. The minimum atomic E-state index is -0.494. The lowest BCUT2D eigenvalue weighted by atomic mass is 10.00. The zero-order chi connectivity index (χ0) is 22.3. The number of non-ortho nitro benzene ring substituents is 1. The number of benzene rings is 2. The Bertz CT molecular complexity index is 1430. The molecule has 31 heavy (non-hydrogen) atoms. The number of pyridine rings is 1. The van der Waals surface area contributed by atoms with Crippen LogP contribution < -0.4 is 16.0 Å². The van der Waals surface area contributed by atoms with E-state index in [1.165, 1.54) is 23.7 Å². The number of nitrogens with zero attached hydrogens (tertiary/aromatic N) is 4. The van der Waals surface area contributed by atoms with E-state index in [1.807, 2.05) is 12.1 Å². The van der Waals surface area contributed by atoms with E-state index in [2.05, 4.69) is 4.98 Å². The summed E-state index contributed by atoms with van der Waals surface area (Å²) in [6.45, 7) is 0. The molecule has 0 unspecified atom stereocenters. The molecule has 0 saturated heterocycles. The average Bonchev–Trinajstić information content (AvgIpc) is 2.80. The van der Waals surface area contributed by atoms with Gasteiger partial charge in [-0.2, -0.15) is 0 Å². The molecule has 0 atom stereocenters. The molecule has 0 fully saturated rings. The Balaban J connectivity index is 2.07. The van der Waals surface area contributed by atoms with Crippen LogP contribution in [0.25, 0.3) is 33.4 Å². The Morgan fingerprint density at radius 2 is 1.55 bits per heavy atom. The van der Waals surface area contributed by atoms with Crippen LogP contribution >= 0.6 is 0 Å². The normalized spacial score (nSPS) is 10.9. The fourth-order valence-corrected chi connectivity index (χ4v) is 3.46. The highest BCUT2D eigenvalue weighted by atomic mass is 16.6.